The highest BCUT2D eigenvalue weighted by atomic mass is 16.5. The molecule has 0 bridgehead atoms. The molecule has 0 aliphatic carbocycles. The zero-order chi connectivity index (χ0) is 14.6. The summed E-state index contributed by atoms with van der Waals surface area (Å²) in [6, 6.07) is 11.6. The molecular weight excluding hydrogens is 250 g/mol. The van der Waals surface area contributed by atoms with Crippen LogP contribution in [0.3, 0.4) is 0 Å². The monoisotopic (exact) mass is 271 g/mol. The summed E-state index contributed by atoms with van der Waals surface area (Å²) < 4.78 is 5.70. The predicted octanol–water partition coefficient (Wildman–Crippen LogP) is 4.05. The molecule has 1 aromatic heterocycles. The Kier molecular flexibility index (Phi) is 4.40. The fourth-order valence-corrected chi connectivity index (χ4v) is 1.90. The van der Waals surface area contributed by atoms with E-state index in [1.54, 1.807) is 18.3 Å². The predicted molar refractivity (Wildman–Crippen MR) is 80.0 cm³/mol. The summed E-state index contributed by atoms with van der Waals surface area (Å²) in [5.74, 6) is 1.25. The van der Waals surface area contributed by atoms with Crippen molar-refractivity contribution in [2.45, 2.75) is 39.2 Å². The quantitative estimate of drug-likeness (QED) is 0.892. The number of rotatable bonds is 5. The van der Waals surface area contributed by atoms with Crippen LogP contribution in [0.5, 0.6) is 11.6 Å². The van der Waals surface area contributed by atoms with E-state index in [-0.39, 0.29) is 12.0 Å². The first kappa shape index (κ1) is 14.5. The van der Waals surface area contributed by atoms with Crippen LogP contribution in [0.4, 0.5) is 0 Å². The first-order valence-electron chi connectivity index (χ1n) is 6.89. The molecule has 1 N–H and O–H groups in total. The number of benzene rings is 1. The summed E-state index contributed by atoms with van der Waals surface area (Å²) in [4.78, 5) is 4.14. The largest absolute Gasteiger partial charge is 0.439 e. The van der Waals surface area contributed by atoms with Gasteiger partial charge in [0.25, 0.3) is 0 Å². The summed E-state index contributed by atoms with van der Waals surface area (Å²) in [6.45, 7) is 6.64. The first-order valence-corrected chi connectivity index (χ1v) is 6.89. The second kappa shape index (κ2) is 6.06. The molecule has 0 radical (unpaired) electrons. The van der Waals surface area contributed by atoms with Gasteiger partial charge >= 0.3 is 0 Å². The van der Waals surface area contributed by atoms with Gasteiger partial charge in [0.15, 0.2) is 0 Å². The molecular formula is C17H21NO2. The summed E-state index contributed by atoms with van der Waals surface area (Å²) in [6.07, 6.45) is 2.72. The topological polar surface area (TPSA) is 42.4 Å². The lowest BCUT2D eigenvalue weighted by molar-refractivity contribution is 0.281. The third-order valence-corrected chi connectivity index (χ3v) is 3.72. The van der Waals surface area contributed by atoms with Crippen molar-refractivity contribution in [3.8, 4) is 11.6 Å². The fraction of sp³-hybridized carbons (Fsp3) is 0.353. The summed E-state index contributed by atoms with van der Waals surface area (Å²) in [5.41, 5.74) is 2.26. The minimum atomic E-state index is -0.0114. The number of aliphatic hydroxyl groups excluding tert-OH is 1. The molecule has 2 rings (SSSR count). The minimum absolute atomic E-state index is 0.0114. The van der Waals surface area contributed by atoms with Gasteiger partial charge in [0.1, 0.15) is 5.75 Å². The van der Waals surface area contributed by atoms with Crippen LogP contribution in [0, 0.1) is 0 Å². The van der Waals surface area contributed by atoms with Gasteiger partial charge in [-0.05, 0) is 41.2 Å². The van der Waals surface area contributed by atoms with Crippen molar-refractivity contribution in [2.75, 3.05) is 0 Å². The highest BCUT2D eigenvalue weighted by molar-refractivity contribution is 5.34. The van der Waals surface area contributed by atoms with Crippen molar-refractivity contribution in [3.63, 3.8) is 0 Å². The molecule has 1 aromatic carbocycles. The Morgan fingerprint density at radius 2 is 1.85 bits per heavy atom. The highest BCUT2D eigenvalue weighted by Gasteiger charge is 2.17. The zero-order valence-electron chi connectivity index (χ0n) is 12.3. The maximum Gasteiger partial charge on any atom is 0.219 e. The Balaban J connectivity index is 2.14. The molecule has 0 aliphatic rings. The number of ether oxygens (including phenoxy) is 1. The van der Waals surface area contributed by atoms with Gasteiger partial charge in [-0.25, -0.2) is 4.98 Å². The van der Waals surface area contributed by atoms with Crippen molar-refractivity contribution >= 4 is 0 Å². The third kappa shape index (κ3) is 3.36. The van der Waals surface area contributed by atoms with Gasteiger partial charge in [-0.1, -0.05) is 32.9 Å². The van der Waals surface area contributed by atoms with E-state index in [1.165, 1.54) is 5.56 Å². The molecule has 2 aromatic rings. The lowest BCUT2D eigenvalue weighted by Gasteiger charge is -2.23. The Morgan fingerprint density at radius 3 is 2.45 bits per heavy atom. The zero-order valence-corrected chi connectivity index (χ0v) is 12.3. The molecule has 0 aliphatic heterocycles. The lowest BCUT2D eigenvalue weighted by atomic mass is 9.82. The average molecular weight is 271 g/mol. The second-order valence-electron chi connectivity index (χ2n) is 5.52. The molecule has 1 heterocycles. The minimum Gasteiger partial charge on any atom is -0.439 e. The first-order chi connectivity index (χ1) is 9.55. The van der Waals surface area contributed by atoms with E-state index in [9.17, 15) is 0 Å². The molecule has 0 spiro atoms. The SMILES string of the molecule is CCC(C)(C)c1ccc(Oc2cc(CO)ccn2)cc1. The molecule has 20 heavy (non-hydrogen) atoms. The Bertz CT molecular complexity index is 561. The van der Waals surface area contributed by atoms with Gasteiger partial charge in [-0.15, -0.1) is 0 Å². The van der Waals surface area contributed by atoms with Gasteiger partial charge in [0, 0.05) is 12.3 Å². The van der Waals surface area contributed by atoms with Crippen LogP contribution in [-0.2, 0) is 12.0 Å². The van der Waals surface area contributed by atoms with E-state index in [0.717, 1.165) is 17.7 Å². The van der Waals surface area contributed by atoms with E-state index in [4.69, 9.17) is 9.84 Å². The van der Waals surface area contributed by atoms with Crippen LogP contribution in [0.15, 0.2) is 42.6 Å². The number of aliphatic hydroxyl groups is 1. The second-order valence-corrected chi connectivity index (χ2v) is 5.52. The van der Waals surface area contributed by atoms with Crippen molar-refractivity contribution in [1.29, 1.82) is 0 Å². The number of hydrogen-bond acceptors (Lipinski definition) is 3. The Labute approximate surface area is 120 Å². The summed E-state index contributed by atoms with van der Waals surface area (Å²) in [7, 11) is 0. The van der Waals surface area contributed by atoms with Gasteiger partial charge in [0.2, 0.25) is 5.88 Å². The molecule has 0 amide bonds. The van der Waals surface area contributed by atoms with Crippen LogP contribution in [0.1, 0.15) is 38.3 Å². The van der Waals surface area contributed by atoms with Crippen molar-refractivity contribution < 1.29 is 9.84 Å². The number of hydrogen-bond donors (Lipinski definition) is 1. The smallest absolute Gasteiger partial charge is 0.219 e. The fourth-order valence-electron chi connectivity index (χ4n) is 1.90. The van der Waals surface area contributed by atoms with Crippen LogP contribution in [-0.4, -0.2) is 10.1 Å². The van der Waals surface area contributed by atoms with Gasteiger partial charge in [0.05, 0.1) is 6.61 Å². The molecule has 0 unspecified atom stereocenters. The molecule has 0 saturated carbocycles. The number of nitrogens with zero attached hydrogens (tertiary/aromatic N) is 1. The molecule has 0 saturated heterocycles. The van der Waals surface area contributed by atoms with Crippen LogP contribution in [0.2, 0.25) is 0 Å². The van der Waals surface area contributed by atoms with E-state index in [0.29, 0.717) is 5.88 Å². The standard InChI is InChI=1S/C17H21NO2/c1-4-17(2,3)14-5-7-15(8-6-14)20-16-11-13(12-19)9-10-18-16/h5-11,19H,4,12H2,1-3H3. The van der Waals surface area contributed by atoms with E-state index in [1.807, 2.05) is 12.1 Å². The Morgan fingerprint density at radius 1 is 1.15 bits per heavy atom. The third-order valence-electron chi connectivity index (χ3n) is 3.72. The molecule has 3 nitrogen and oxygen atoms in total. The maximum absolute atomic E-state index is 9.10. The number of pyridine rings is 1. The van der Waals surface area contributed by atoms with E-state index < -0.39 is 0 Å². The normalized spacial score (nSPS) is 11.4. The van der Waals surface area contributed by atoms with Crippen LogP contribution in [0.25, 0.3) is 0 Å². The molecule has 3 heteroatoms. The average Bonchev–Trinajstić information content (AvgIpc) is 2.48. The molecule has 0 fully saturated rings. The van der Waals surface area contributed by atoms with Crippen molar-refractivity contribution in [3.05, 3.63) is 53.7 Å². The lowest BCUT2D eigenvalue weighted by Crippen LogP contribution is -2.14. The maximum atomic E-state index is 9.10. The van der Waals surface area contributed by atoms with Crippen molar-refractivity contribution in [2.24, 2.45) is 0 Å². The van der Waals surface area contributed by atoms with Crippen molar-refractivity contribution in [1.82, 2.24) is 4.98 Å². The highest BCUT2D eigenvalue weighted by Crippen LogP contribution is 2.29. The summed E-state index contributed by atoms with van der Waals surface area (Å²) in [5, 5.41) is 9.10. The van der Waals surface area contributed by atoms with Gasteiger partial charge < -0.3 is 9.84 Å². The van der Waals surface area contributed by atoms with E-state index >= 15 is 0 Å². The van der Waals surface area contributed by atoms with Crippen LogP contribution >= 0.6 is 0 Å². The van der Waals surface area contributed by atoms with E-state index in [2.05, 4.69) is 37.9 Å². The Hall–Kier alpha value is -1.87. The van der Waals surface area contributed by atoms with Gasteiger partial charge in [-0.3, -0.25) is 0 Å². The summed E-state index contributed by atoms with van der Waals surface area (Å²) >= 11 is 0. The van der Waals surface area contributed by atoms with Gasteiger partial charge in [-0.2, -0.15) is 0 Å². The van der Waals surface area contributed by atoms with Crippen LogP contribution < -0.4 is 4.74 Å². The number of aromatic nitrogens is 1. The molecule has 0 atom stereocenters. The molecule has 106 valence electrons.